The van der Waals surface area contributed by atoms with E-state index in [4.69, 9.17) is 4.74 Å². The van der Waals surface area contributed by atoms with Gasteiger partial charge in [-0.3, -0.25) is 4.79 Å². The average molecular weight is 413 g/mol. The molecule has 29 heavy (non-hydrogen) atoms. The first-order valence-electron chi connectivity index (χ1n) is 9.37. The summed E-state index contributed by atoms with van der Waals surface area (Å²) in [6, 6.07) is 9.77. The Bertz CT molecular complexity index is 1040. The Morgan fingerprint density at radius 1 is 1.21 bits per heavy atom. The zero-order valence-corrected chi connectivity index (χ0v) is 18.0. The van der Waals surface area contributed by atoms with Gasteiger partial charge in [0.1, 0.15) is 0 Å². The summed E-state index contributed by atoms with van der Waals surface area (Å²) < 4.78 is 6.98. The monoisotopic (exact) mass is 412 g/mol. The van der Waals surface area contributed by atoms with Crippen LogP contribution in [0.1, 0.15) is 46.0 Å². The third-order valence-corrected chi connectivity index (χ3v) is 5.82. The SMILES string of the molecule is CCOC(=O)c1c(C)[nH]c(C(=O)C(C)Sc2nnc(-c3ccccc3)n2C)c1C. The van der Waals surface area contributed by atoms with Gasteiger partial charge in [0.05, 0.1) is 23.1 Å². The van der Waals surface area contributed by atoms with E-state index >= 15 is 0 Å². The molecule has 0 aliphatic heterocycles. The lowest BCUT2D eigenvalue weighted by Gasteiger charge is -2.10. The van der Waals surface area contributed by atoms with E-state index < -0.39 is 11.2 Å². The van der Waals surface area contributed by atoms with Crippen LogP contribution >= 0.6 is 11.8 Å². The van der Waals surface area contributed by atoms with Crippen molar-refractivity contribution in [3.63, 3.8) is 0 Å². The summed E-state index contributed by atoms with van der Waals surface area (Å²) in [6.07, 6.45) is 0. The first-order chi connectivity index (χ1) is 13.8. The number of esters is 1. The fourth-order valence-corrected chi connectivity index (χ4v) is 4.05. The second-order valence-electron chi connectivity index (χ2n) is 6.70. The molecule has 1 atom stereocenters. The second kappa shape index (κ2) is 8.65. The summed E-state index contributed by atoms with van der Waals surface area (Å²) >= 11 is 1.33. The van der Waals surface area contributed by atoms with E-state index in [9.17, 15) is 9.59 Å². The number of nitrogens with one attached hydrogen (secondary N) is 1. The first-order valence-corrected chi connectivity index (χ1v) is 10.2. The van der Waals surface area contributed by atoms with Gasteiger partial charge >= 0.3 is 5.97 Å². The molecule has 3 rings (SSSR count). The number of thioether (sulfide) groups is 1. The van der Waals surface area contributed by atoms with Crippen molar-refractivity contribution in [2.75, 3.05) is 6.61 Å². The van der Waals surface area contributed by atoms with Crippen LogP contribution in [0.2, 0.25) is 0 Å². The number of carbonyl (C=O) groups excluding carboxylic acids is 2. The number of H-pyrrole nitrogens is 1. The van der Waals surface area contributed by atoms with Crippen LogP contribution in [0.15, 0.2) is 35.5 Å². The van der Waals surface area contributed by atoms with Crippen LogP contribution in [0.3, 0.4) is 0 Å². The van der Waals surface area contributed by atoms with Crippen LogP contribution in [-0.2, 0) is 11.8 Å². The first kappa shape index (κ1) is 20.9. The molecule has 0 bridgehead atoms. The normalized spacial score (nSPS) is 12.0. The molecule has 0 amide bonds. The highest BCUT2D eigenvalue weighted by molar-refractivity contribution is 8.00. The quantitative estimate of drug-likeness (QED) is 0.359. The molecule has 1 unspecified atom stereocenters. The van der Waals surface area contributed by atoms with Gasteiger partial charge in [-0.25, -0.2) is 4.79 Å². The molecule has 0 fully saturated rings. The number of aromatic amines is 1. The Kier molecular flexibility index (Phi) is 6.22. The van der Waals surface area contributed by atoms with E-state index in [1.807, 2.05) is 48.9 Å². The Balaban J connectivity index is 1.81. The number of nitrogens with zero attached hydrogens (tertiary/aromatic N) is 3. The van der Waals surface area contributed by atoms with Crippen molar-refractivity contribution in [2.45, 2.75) is 38.1 Å². The Morgan fingerprint density at radius 2 is 1.90 bits per heavy atom. The van der Waals surface area contributed by atoms with Crippen molar-refractivity contribution < 1.29 is 14.3 Å². The molecule has 0 spiro atoms. The lowest BCUT2D eigenvalue weighted by atomic mass is 10.1. The number of Topliss-reactive ketones (excluding diaryl/α,β-unsaturated/α-hetero) is 1. The molecule has 0 saturated carbocycles. The number of ketones is 1. The molecule has 0 radical (unpaired) electrons. The number of benzene rings is 1. The van der Waals surface area contributed by atoms with Crippen molar-refractivity contribution in [3.05, 3.63) is 52.8 Å². The van der Waals surface area contributed by atoms with Crippen molar-refractivity contribution in [1.29, 1.82) is 0 Å². The number of rotatable bonds is 7. The molecule has 2 heterocycles. The zero-order valence-electron chi connectivity index (χ0n) is 17.1. The maximum absolute atomic E-state index is 13.0. The van der Waals surface area contributed by atoms with Crippen LogP contribution in [0.25, 0.3) is 11.4 Å². The van der Waals surface area contributed by atoms with Gasteiger partial charge in [-0.05, 0) is 33.3 Å². The largest absolute Gasteiger partial charge is 0.462 e. The maximum atomic E-state index is 13.0. The summed E-state index contributed by atoms with van der Waals surface area (Å²) in [6.45, 7) is 7.39. The summed E-state index contributed by atoms with van der Waals surface area (Å²) in [7, 11) is 1.88. The van der Waals surface area contributed by atoms with Crippen LogP contribution in [0.4, 0.5) is 0 Å². The topological polar surface area (TPSA) is 89.9 Å². The summed E-state index contributed by atoms with van der Waals surface area (Å²) in [4.78, 5) is 28.3. The van der Waals surface area contributed by atoms with Crippen LogP contribution in [0.5, 0.6) is 0 Å². The molecule has 0 saturated heterocycles. The fraction of sp³-hybridized carbons (Fsp3) is 0.333. The zero-order chi connectivity index (χ0) is 21.1. The van der Waals surface area contributed by atoms with Crippen LogP contribution in [-0.4, -0.2) is 43.4 Å². The molecule has 2 aromatic heterocycles. The van der Waals surface area contributed by atoms with Crippen molar-refractivity contribution in [2.24, 2.45) is 7.05 Å². The van der Waals surface area contributed by atoms with Gasteiger partial charge in [0.25, 0.3) is 0 Å². The molecule has 1 N–H and O–H groups in total. The third kappa shape index (κ3) is 4.12. The van der Waals surface area contributed by atoms with Crippen molar-refractivity contribution in [3.8, 4) is 11.4 Å². The van der Waals surface area contributed by atoms with E-state index in [0.717, 1.165) is 11.4 Å². The number of aromatic nitrogens is 4. The van der Waals surface area contributed by atoms with Gasteiger partial charge in [0.2, 0.25) is 0 Å². The Morgan fingerprint density at radius 3 is 2.55 bits per heavy atom. The molecular formula is C21H24N4O3S. The lowest BCUT2D eigenvalue weighted by Crippen LogP contribution is -2.16. The molecule has 3 aromatic rings. The van der Waals surface area contributed by atoms with E-state index in [1.165, 1.54) is 11.8 Å². The van der Waals surface area contributed by atoms with E-state index in [2.05, 4.69) is 15.2 Å². The second-order valence-corrected chi connectivity index (χ2v) is 8.01. The fourth-order valence-electron chi connectivity index (χ4n) is 3.18. The van der Waals surface area contributed by atoms with Gasteiger partial charge < -0.3 is 14.3 Å². The number of carbonyl (C=O) groups is 2. The summed E-state index contributed by atoms with van der Waals surface area (Å²) in [5.41, 5.74) is 3.06. The van der Waals surface area contributed by atoms with Gasteiger partial charge in [-0.15, -0.1) is 10.2 Å². The minimum Gasteiger partial charge on any atom is -0.462 e. The summed E-state index contributed by atoms with van der Waals surface area (Å²) in [5.74, 6) is 0.221. The van der Waals surface area contributed by atoms with Crippen molar-refractivity contribution in [1.82, 2.24) is 19.7 Å². The average Bonchev–Trinajstić information content (AvgIpc) is 3.21. The van der Waals surface area contributed by atoms with Crippen LogP contribution in [0, 0.1) is 13.8 Å². The number of hydrogen-bond acceptors (Lipinski definition) is 6. The van der Waals surface area contributed by atoms with Crippen molar-refractivity contribution >= 4 is 23.5 Å². The molecular weight excluding hydrogens is 388 g/mol. The standard InChI is InChI=1S/C21H24N4O3S/c1-6-28-20(27)16-12(2)17(22-13(16)3)18(26)14(4)29-21-24-23-19(25(21)5)15-10-8-7-9-11-15/h7-11,14,22H,6H2,1-5H3. The minimum atomic E-state index is -0.418. The maximum Gasteiger partial charge on any atom is 0.340 e. The number of hydrogen-bond donors (Lipinski definition) is 1. The molecule has 0 aliphatic rings. The highest BCUT2D eigenvalue weighted by Gasteiger charge is 2.27. The highest BCUT2D eigenvalue weighted by Crippen LogP contribution is 2.29. The highest BCUT2D eigenvalue weighted by atomic mass is 32.2. The lowest BCUT2D eigenvalue weighted by molar-refractivity contribution is 0.0525. The molecule has 8 heteroatoms. The number of aryl methyl sites for hydroxylation is 1. The number of ether oxygens (including phenoxy) is 1. The Labute approximate surface area is 173 Å². The Hall–Kier alpha value is -2.87. The van der Waals surface area contributed by atoms with E-state index in [0.29, 0.717) is 27.7 Å². The van der Waals surface area contributed by atoms with E-state index in [1.54, 1.807) is 20.8 Å². The van der Waals surface area contributed by atoms with E-state index in [-0.39, 0.29) is 12.4 Å². The summed E-state index contributed by atoms with van der Waals surface area (Å²) in [5, 5.41) is 8.75. The predicted molar refractivity (Wildman–Crippen MR) is 112 cm³/mol. The van der Waals surface area contributed by atoms with Gasteiger partial charge in [0.15, 0.2) is 16.8 Å². The minimum absolute atomic E-state index is 0.101. The van der Waals surface area contributed by atoms with Gasteiger partial charge in [-0.2, -0.15) is 0 Å². The van der Waals surface area contributed by atoms with Gasteiger partial charge in [-0.1, -0.05) is 42.1 Å². The van der Waals surface area contributed by atoms with Gasteiger partial charge in [0, 0.05) is 18.3 Å². The third-order valence-electron chi connectivity index (χ3n) is 4.68. The molecule has 152 valence electrons. The molecule has 7 nitrogen and oxygen atoms in total. The molecule has 1 aromatic carbocycles. The predicted octanol–water partition coefficient (Wildman–Crippen LogP) is 3.97. The van der Waals surface area contributed by atoms with Crippen LogP contribution < -0.4 is 0 Å². The smallest absolute Gasteiger partial charge is 0.340 e. The molecule has 0 aliphatic carbocycles.